The summed E-state index contributed by atoms with van der Waals surface area (Å²) >= 11 is 0. The Morgan fingerprint density at radius 1 is 0.900 bits per heavy atom. The van der Waals surface area contributed by atoms with E-state index in [1.54, 1.807) is 0 Å². The second-order valence-corrected chi connectivity index (χ2v) is 9.93. The fraction of sp³-hybridized carbons (Fsp3) is 0.958. The molecule has 236 valence electrons. The first-order valence-corrected chi connectivity index (χ1v) is 13.0. The first-order valence-electron chi connectivity index (χ1n) is 13.0. The van der Waals surface area contributed by atoms with Crippen LogP contribution in [0.15, 0.2) is 0 Å². The monoisotopic (exact) mass is 586 g/mol. The topological polar surface area (TPSA) is 252 Å². The normalized spacial score (nSPS) is 44.0. The van der Waals surface area contributed by atoms with Crippen molar-refractivity contribution in [3.05, 3.63) is 0 Å². The fourth-order valence-electron chi connectivity index (χ4n) is 4.79. The Labute approximate surface area is 232 Å². The second-order valence-electron chi connectivity index (χ2n) is 9.93. The molecule has 0 saturated carbocycles. The zero-order valence-electron chi connectivity index (χ0n) is 21.9. The minimum Gasteiger partial charge on any atom is -0.394 e. The van der Waals surface area contributed by atoms with Crippen molar-refractivity contribution in [3.63, 3.8) is 0 Å². The third kappa shape index (κ3) is 8.26. The predicted octanol–water partition coefficient (Wildman–Crippen LogP) is -4.36. The molecule has 0 aromatic carbocycles. The van der Waals surface area contributed by atoms with Gasteiger partial charge in [0, 0.05) is 13.3 Å². The molecule has 3 fully saturated rings. The van der Waals surface area contributed by atoms with Crippen molar-refractivity contribution in [3.8, 4) is 0 Å². The van der Waals surface area contributed by atoms with Crippen molar-refractivity contribution in [1.29, 1.82) is 0 Å². The van der Waals surface area contributed by atoms with E-state index in [1.165, 1.54) is 13.8 Å². The minimum absolute atomic E-state index is 0. The summed E-state index contributed by atoms with van der Waals surface area (Å²) in [4.78, 5) is 11.8. The van der Waals surface area contributed by atoms with Crippen molar-refractivity contribution in [2.45, 2.75) is 120 Å². The lowest BCUT2D eigenvalue weighted by atomic mass is 9.95. The fourth-order valence-corrected chi connectivity index (χ4v) is 4.79. The molecule has 16 heteroatoms. The quantitative estimate of drug-likeness (QED) is 0.104. The molecule has 0 radical (unpaired) electrons. The van der Waals surface area contributed by atoms with Crippen LogP contribution in [0, 0.1) is 0 Å². The molecule has 0 aromatic rings. The molecular weight excluding hydrogens is 540 g/mol. The van der Waals surface area contributed by atoms with Crippen molar-refractivity contribution < 1.29 is 69.0 Å². The third-order valence-corrected chi connectivity index (χ3v) is 6.96. The van der Waals surface area contributed by atoms with Crippen LogP contribution in [0.5, 0.6) is 0 Å². The number of rotatable bonds is 11. The molecule has 3 rings (SSSR count). The summed E-state index contributed by atoms with van der Waals surface area (Å²) in [7, 11) is 0. The van der Waals surface area contributed by atoms with E-state index in [2.05, 4.69) is 5.32 Å². The summed E-state index contributed by atoms with van der Waals surface area (Å²) < 4.78 is 34.9. The molecule has 16 nitrogen and oxygen atoms in total. The molecule has 3 aliphatic heterocycles. The Morgan fingerprint density at radius 3 is 2.10 bits per heavy atom. The van der Waals surface area contributed by atoms with Gasteiger partial charge in [0.2, 0.25) is 5.91 Å². The molecule has 3 heterocycles. The third-order valence-electron chi connectivity index (χ3n) is 6.96. The van der Waals surface area contributed by atoms with Crippen LogP contribution in [0.25, 0.3) is 0 Å². The Morgan fingerprint density at radius 2 is 1.52 bits per heavy atom. The Kier molecular flexibility index (Phi) is 14.0. The molecule has 0 bridgehead atoms. The maximum atomic E-state index is 11.8. The number of nitrogens with one attached hydrogen (secondary N) is 1. The van der Waals surface area contributed by atoms with Crippen LogP contribution in [-0.2, 0) is 33.2 Å². The number of hydrogen-bond donors (Lipinski definition) is 9. The molecule has 14 atom stereocenters. The molecule has 0 aliphatic carbocycles. The highest BCUT2D eigenvalue weighted by Gasteiger charge is 2.53. The Hall–Kier alpha value is -1.09. The van der Waals surface area contributed by atoms with E-state index in [-0.39, 0.29) is 20.5 Å². The number of carbonyl (C=O) groups excluding carboxylic acids is 1. The summed E-state index contributed by atoms with van der Waals surface area (Å²) in [5, 5.41) is 74.3. The van der Waals surface area contributed by atoms with E-state index in [0.29, 0.717) is 13.0 Å². The van der Waals surface area contributed by atoms with Crippen LogP contribution in [0.4, 0.5) is 0 Å². The van der Waals surface area contributed by atoms with Gasteiger partial charge in [-0.05, 0) is 19.9 Å². The summed E-state index contributed by atoms with van der Waals surface area (Å²) in [6.07, 6.45) is -16.7. The number of aliphatic hydroxyl groups is 7. The van der Waals surface area contributed by atoms with Crippen molar-refractivity contribution >= 4 is 5.91 Å². The van der Waals surface area contributed by atoms with Crippen molar-refractivity contribution in [2.24, 2.45) is 5.73 Å². The Balaban J connectivity index is 0.00000560. The molecule has 3 saturated heterocycles. The van der Waals surface area contributed by atoms with E-state index in [0.717, 1.165) is 0 Å². The average molecular weight is 587 g/mol. The van der Waals surface area contributed by atoms with Crippen LogP contribution in [0.2, 0.25) is 0 Å². The minimum atomic E-state index is -1.62. The SMILES string of the molecule is C.CC(=O)NC1[C@@H](O[C@@H]2C(O[C@H]3C[C@@H](O)[C@H](O)C(C)O3)[C@H](OCCCN)OC(CO)[C@@H]2O)OC(CO)[C@H](O)[C@@H]1O. The standard InChI is InChI=1S/C23H42N2O14.CH4/c1-9-16(30)11(29)6-14(35-9)38-21-20(18(32)13(8-27)37-23(21)34-5-3-4-24)39-22-15(25-10(2)28)19(33)17(31)12(7-26)36-22;/h9,11-23,26-27,29-33H,3-8,24H2,1-2H3,(H,25,28);1H4/t9?,11-,12?,13?,14+,15?,16-,17+,18+,19-,20+,21?,22-,23-;/m1./s1. The van der Waals surface area contributed by atoms with E-state index in [1.807, 2.05) is 0 Å². The molecular formula is C24H46N2O14. The van der Waals surface area contributed by atoms with Gasteiger partial charge in [0.05, 0.1) is 32.0 Å². The van der Waals surface area contributed by atoms with Crippen LogP contribution >= 0.6 is 0 Å². The van der Waals surface area contributed by atoms with Crippen LogP contribution in [0.1, 0.15) is 34.1 Å². The smallest absolute Gasteiger partial charge is 0.217 e. The Bertz CT molecular complexity index is 755. The highest BCUT2D eigenvalue weighted by atomic mass is 16.8. The molecule has 10 N–H and O–H groups in total. The van der Waals surface area contributed by atoms with Gasteiger partial charge in [-0.1, -0.05) is 7.43 Å². The maximum Gasteiger partial charge on any atom is 0.217 e. The number of aliphatic hydroxyl groups excluding tert-OH is 7. The highest BCUT2D eigenvalue weighted by Crippen LogP contribution is 2.33. The second kappa shape index (κ2) is 15.9. The zero-order chi connectivity index (χ0) is 28.9. The number of hydrogen-bond acceptors (Lipinski definition) is 15. The summed E-state index contributed by atoms with van der Waals surface area (Å²) in [5.41, 5.74) is 5.56. The van der Waals surface area contributed by atoms with E-state index in [4.69, 9.17) is 34.2 Å². The van der Waals surface area contributed by atoms with Gasteiger partial charge in [-0.25, -0.2) is 0 Å². The molecule has 0 aromatic heterocycles. The lowest BCUT2D eigenvalue weighted by Gasteiger charge is -2.49. The van der Waals surface area contributed by atoms with E-state index < -0.39 is 105 Å². The lowest BCUT2D eigenvalue weighted by Crippen LogP contribution is -2.68. The number of ether oxygens (including phenoxy) is 6. The first-order chi connectivity index (χ1) is 18.5. The largest absolute Gasteiger partial charge is 0.394 e. The van der Waals surface area contributed by atoms with Gasteiger partial charge in [-0.2, -0.15) is 0 Å². The molecule has 5 unspecified atom stereocenters. The van der Waals surface area contributed by atoms with Gasteiger partial charge in [0.1, 0.15) is 54.9 Å². The van der Waals surface area contributed by atoms with Gasteiger partial charge in [0.15, 0.2) is 18.9 Å². The van der Waals surface area contributed by atoms with Crippen molar-refractivity contribution in [2.75, 3.05) is 26.4 Å². The average Bonchev–Trinajstić information content (AvgIpc) is 2.89. The van der Waals surface area contributed by atoms with Crippen LogP contribution in [0.3, 0.4) is 0 Å². The van der Waals surface area contributed by atoms with Crippen LogP contribution < -0.4 is 11.1 Å². The molecule has 0 spiro atoms. The zero-order valence-corrected chi connectivity index (χ0v) is 21.9. The summed E-state index contributed by atoms with van der Waals surface area (Å²) in [5.74, 6) is -0.584. The number of carbonyl (C=O) groups is 1. The van der Waals surface area contributed by atoms with E-state index >= 15 is 0 Å². The maximum absolute atomic E-state index is 11.8. The number of nitrogens with two attached hydrogens (primary N) is 1. The highest BCUT2D eigenvalue weighted by molar-refractivity contribution is 5.73. The lowest BCUT2D eigenvalue weighted by molar-refractivity contribution is -0.375. The number of amides is 1. The predicted molar refractivity (Wildman–Crippen MR) is 134 cm³/mol. The molecule has 40 heavy (non-hydrogen) atoms. The van der Waals surface area contributed by atoms with Gasteiger partial charge in [-0.15, -0.1) is 0 Å². The summed E-state index contributed by atoms with van der Waals surface area (Å²) in [6.45, 7) is 1.78. The van der Waals surface area contributed by atoms with Gasteiger partial charge < -0.3 is 75.2 Å². The summed E-state index contributed by atoms with van der Waals surface area (Å²) in [6, 6.07) is -1.33. The van der Waals surface area contributed by atoms with E-state index in [9.17, 15) is 40.5 Å². The van der Waals surface area contributed by atoms with Gasteiger partial charge >= 0.3 is 0 Å². The van der Waals surface area contributed by atoms with Gasteiger partial charge in [0.25, 0.3) is 0 Å². The first kappa shape index (κ1) is 35.1. The van der Waals surface area contributed by atoms with Crippen LogP contribution in [-0.4, -0.2) is 154 Å². The van der Waals surface area contributed by atoms with Gasteiger partial charge in [-0.3, -0.25) is 4.79 Å². The molecule has 1 amide bonds. The van der Waals surface area contributed by atoms with Crippen molar-refractivity contribution in [1.82, 2.24) is 5.32 Å². The molecule has 3 aliphatic rings.